The third-order valence-corrected chi connectivity index (χ3v) is 4.47. The van der Waals surface area contributed by atoms with Crippen molar-refractivity contribution in [1.82, 2.24) is 4.90 Å². The SMILES string of the molecule is CC(=O)SCC1CC(=O)N(C(C(=O)O)c2ccccc2)C1. The van der Waals surface area contributed by atoms with Gasteiger partial charge in [0.2, 0.25) is 5.91 Å². The van der Waals surface area contributed by atoms with Crippen LogP contribution in [0.15, 0.2) is 30.3 Å². The zero-order chi connectivity index (χ0) is 15.4. The van der Waals surface area contributed by atoms with Crippen LogP contribution in [-0.2, 0) is 14.4 Å². The molecule has 1 aliphatic rings. The Hall–Kier alpha value is -1.82. The average Bonchev–Trinajstić information content (AvgIpc) is 2.79. The standard InChI is InChI=1S/C15H17NO4S/c1-10(17)21-9-11-7-13(18)16(8-11)14(15(19)20)12-5-3-2-4-6-12/h2-6,11,14H,7-9H2,1H3,(H,19,20). The fraction of sp³-hybridized carbons (Fsp3) is 0.400. The molecule has 1 aromatic carbocycles. The van der Waals surface area contributed by atoms with Gasteiger partial charge in [-0.05, 0) is 11.5 Å². The number of nitrogens with zero attached hydrogens (tertiary/aromatic N) is 1. The topological polar surface area (TPSA) is 74.7 Å². The second kappa shape index (κ2) is 6.76. The molecule has 1 N–H and O–H groups in total. The summed E-state index contributed by atoms with van der Waals surface area (Å²) in [6.07, 6.45) is 0.302. The van der Waals surface area contributed by atoms with Crippen molar-refractivity contribution < 1.29 is 19.5 Å². The number of hydrogen-bond acceptors (Lipinski definition) is 4. The highest BCUT2D eigenvalue weighted by Gasteiger charge is 2.38. The van der Waals surface area contributed by atoms with Crippen LogP contribution >= 0.6 is 11.8 Å². The summed E-state index contributed by atoms with van der Waals surface area (Å²) < 4.78 is 0. The quantitative estimate of drug-likeness (QED) is 0.900. The minimum Gasteiger partial charge on any atom is -0.479 e. The van der Waals surface area contributed by atoms with Crippen molar-refractivity contribution in [3.8, 4) is 0 Å². The lowest BCUT2D eigenvalue weighted by Gasteiger charge is -2.25. The number of rotatable bonds is 5. The molecule has 0 aliphatic carbocycles. The first kappa shape index (κ1) is 15.6. The molecule has 0 radical (unpaired) electrons. The molecule has 1 amide bonds. The number of thioether (sulfide) groups is 1. The van der Waals surface area contributed by atoms with Crippen LogP contribution < -0.4 is 0 Å². The van der Waals surface area contributed by atoms with Crippen molar-refractivity contribution in [2.75, 3.05) is 12.3 Å². The van der Waals surface area contributed by atoms with Gasteiger partial charge in [0, 0.05) is 25.6 Å². The molecule has 2 atom stereocenters. The number of aliphatic carboxylic acids is 1. The maximum atomic E-state index is 12.1. The summed E-state index contributed by atoms with van der Waals surface area (Å²) in [4.78, 5) is 36.1. The molecule has 0 bridgehead atoms. The van der Waals surface area contributed by atoms with Crippen molar-refractivity contribution in [2.45, 2.75) is 19.4 Å². The first-order chi connectivity index (χ1) is 9.99. The zero-order valence-electron chi connectivity index (χ0n) is 11.7. The minimum atomic E-state index is -1.03. The van der Waals surface area contributed by atoms with Gasteiger partial charge in [0.25, 0.3) is 0 Å². The van der Waals surface area contributed by atoms with Gasteiger partial charge < -0.3 is 10.0 Å². The molecular weight excluding hydrogens is 290 g/mol. The summed E-state index contributed by atoms with van der Waals surface area (Å²) in [5.74, 6) is -0.620. The number of carbonyl (C=O) groups is 3. The average molecular weight is 307 g/mol. The van der Waals surface area contributed by atoms with E-state index in [4.69, 9.17) is 0 Å². The van der Waals surface area contributed by atoms with E-state index >= 15 is 0 Å². The van der Waals surface area contributed by atoms with Crippen LogP contribution in [-0.4, -0.2) is 39.3 Å². The molecule has 1 fully saturated rings. The molecule has 21 heavy (non-hydrogen) atoms. The summed E-state index contributed by atoms with van der Waals surface area (Å²) in [6.45, 7) is 1.87. The van der Waals surface area contributed by atoms with Gasteiger partial charge in [0.1, 0.15) is 0 Å². The molecule has 0 aromatic heterocycles. The molecule has 6 heteroatoms. The fourth-order valence-electron chi connectivity index (χ4n) is 2.50. The predicted molar refractivity (Wildman–Crippen MR) is 79.8 cm³/mol. The van der Waals surface area contributed by atoms with Crippen molar-refractivity contribution in [2.24, 2.45) is 5.92 Å². The summed E-state index contributed by atoms with van der Waals surface area (Å²) in [5, 5.41) is 9.47. The zero-order valence-corrected chi connectivity index (χ0v) is 12.5. The third-order valence-electron chi connectivity index (χ3n) is 3.42. The lowest BCUT2D eigenvalue weighted by atomic mass is 10.1. The molecule has 1 aliphatic heterocycles. The van der Waals surface area contributed by atoms with Crippen molar-refractivity contribution >= 4 is 28.8 Å². The van der Waals surface area contributed by atoms with E-state index in [1.54, 1.807) is 30.3 Å². The summed E-state index contributed by atoms with van der Waals surface area (Å²) in [6, 6.07) is 7.80. The fourth-order valence-corrected chi connectivity index (χ4v) is 3.19. The highest BCUT2D eigenvalue weighted by molar-refractivity contribution is 8.13. The molecule has 1 heterocycles. The van der Waals surface area contributed by atoms with E-state index in [1.807, 2.05) is 0 Å². The Kier molecular flexibility index (Phi) is 5.01. The van der Waals surface area contributed by atoms with Crippen molar-refractivity contribution in [3.63, 3.8) is 0 Å². The minimum absolute atomic E-state index is 0.0127. The lowest BCUT2D eigenvalue weighted by Crippen LogP contribution is -2.35. The largest absolute Gasteiger partial charge is 0.479 e. The van der Waals surface area contributed by atoms with E-state index in [-0.39, 0.29) is 16.9 Å². The van der Waals surface area contributed by atoms with Crippen LogP contribution in [0.2, 0.25) is 0 Å². The van der Waals surface area contributed by atoms with E-state index in [1.165, 1.54) is 23.6 Å². The maximum absolute atomic E-state index is 12.1. The Balaban J connectivity index is 2.13. The monoisotopic (exact) mass is 307 g/mol. The Morgan fingerprint density at radius 3 is 2.62 bits per heavy atom. The van der Waals surface area contributed by atoms with Gasteiger partial charge in [-0.25, -0.2) is 4.79 Å². The van der Waals surface area contributed by atoms with E-state index in [0.717, 1.165) is 0 Å². The number of likely N-dealkylation sites (tertiary alicyclic amines) is 1. The van der Waals surface area contributed by atoms with Gasteiger partial charge in [0.15, 0.2) is 11.2 Å². The Morgan fingerprint density at radius 1 is 1.38 bits per heavy atom. The molecule has 2 unspecified atom stereocenters. The second-order valence-corrected chi connectivity index (χ2v) is 6.27. The maximum Gasteiger partial charge on any atom is 0.331 e. The van der Waals surface area contributed by atoms with E-state index in [2.05, 4.69) is 0 Å². The Bertz CT molecular complexity index is 546. The number of carboxylic acid groups (broad SMARTS) is 1. The number of hydrogen-bond donors (Lipinski definition) is 1. The lowest BCUT2D eigenvalue weighted by molar-refractivity contribution is -0.148. The van der Waals surface area contributed by atoms with E-state index in [0.29, 0.717) is 24.3 Å². The van der Waals surface area contributed by atoms with Crippen LogP contribution in [0.1, 0.15) is 24.9 Å². The van der Waals surface area contributed by atoms with Crippen LogP contribution in [0.4, 0.5) is 0 Å². The molecule has 5 nitrogen and oxygen atoms in total. The second-order valence-electron chi connectivity index (χ2n) is 5.07. The molecule has 0 saturated carbocycles. The van der Waals surface area contributed by atoms with Gasteiger partial charge in [-0.2, -0.15) is 0 Å². The van der Waals surface area contributed by atoms with Gasteiger partial charge in [0.05, 0.1) is 0 Å². The smallest absolute Gasteiger partial charge is 0.331 e. The van der Waals surface area contributed by atoms with Crippen LogP contribution in [0.25, 0.3) is 0 Å². The number of carboxylic acids is 1. The van der Waals surface area contributed by atoms with Crippen molar-refractivity contribution in [3.05, 3.63) is 35.9 Å². The van der Waals surface area contributed by atoms with Crippen LogP contribution in [0.3, 0.4) is 0 Å². The third kappa shape index (κ3) is 3.85. The van der Waals surface area contributed by atoms with E-state index < -0.39 is 12.0 Å². The summed E-state index contributed by atoms with van der Waals surface area (Å²) >= 11 is 1.18. The first-order valence-corrected chi connectivity index (χ1v) is 7.68. The van der Waals surface area contributed by atoms with Crippen LogP contribution in [0.5, 0.6) is 0 Å². The molecular formula is C15H17NO4S. The Morgan fingerprint density at radius 2 is 2.05 bits per heavy atom. The molecule has 112 valence electrons. The highest BCUT2D eigenvalue weighted by Crippen LogP contribution is 2.30. The van der Waals surface area contributed by atoms with Gasteiger partial charge in [-0.3, -0.25) is 9.59 Å². The van der Waals surface area contributed by atoms with Crippen molar-refractivity contribution in [1.29, 1.82) is 0 Å². The van der Waals surface area contributed by atoms with Gasteiger partial charge in [-0.1, -0.05) is 42.1 Å². The molecule has 1 saturated heterocycles. The van der Waals surface area contributed by atoms with Gasteiger partial charge >= 0.3 is 5.97 Å². The number of carbonyl (C=O) groups excluding carboxylic acids is 2. The Labute approximate surface area is 127 Å². The predicted octanol–water partition coefficient (Wildman–Crippen LogP) is 1.94. The molecule has 0 spiro atoms. The number of benzene rings is 1. The summed E-state index contributed by atoms with van der Waals surface area (Å²) in [7, 11) is 0. The van der Waals surface area contributed by atoms with Gasteiger partial charge in [-0.15, -0.1) is 0 Å². The van der Waals surface area contributed by atoms with Crippen LogP contribution in [0, 0.1) is 5.92 Å². The normalized spacial score (nSPS) is 19.6. The number of amides is 1. The highest BCUT2D eigenvalue weighted by atomic mass is 32.2. The van der Waals surface area contributed by atoms with E-state index in [9.17, 15) is 19.5 Å². The summed E-state index contributed by atoms with van der Waals surface area (Å²) in [5.41, 5.74) is 0.596. The molecule has 2 rings (SSSR count). The first-order valence-electron chi connectivity index (χ1n) is 6.69. The molecule has 1 aromatic rings.